The first-order valence-electron chi connectivity index (χ1n) is 7.38. The highest BCUT2D eigenvalue weighted by Crippen LogP contribution is 2.37. The molecule has 0 N–H and O–H groups in total. The Kier molecular flexibility index (Phi) is 3.82. The molecule has 23 heavy (non-hydrogen) atoms. The summed E-state index contributed by atoms with van der Waals surface area (Å²) in [5.41, 5.74) is -1.48. The number of hydrogen-bond acceptors (Lipinski definition) is 2. The summed E-state index contributed by atoms with van der Waals surface area (Å²) in [6.45, 7) is 0.878. The SMILES string of the molecule is Cn1ccnc1C1(F)CCN(c2ccc(C(F)(F)F)cc2)CC1. The van der Waals surface area contributed by atoms with Gasteiger partial charge in [0.2, 0.25) is 0 Å². The van der Waals surface area contributed by atoms with Crippen molar-refractivity contribution >= 4 is 5.69 Å². The Bertz CT molecular complexity index is 667. The Labute approximate surface area is 131 Å². The molecule has 2 heterocycles. The highest BCUT2D eigenvalue weighted by Gasteiger charge is 2.39. The monoisotopic (exact) mass is 327 g/mol. The zero-order valence-electron chi connectivity index (χ0n) is 12.6. The van der Waals surface area contributed by atoms with Crippen molar-refractivity contribution in [2.45, 2.75) is 24.7 Å². The normalized spacial score (nSPS) is 18.2. The van der Waals surface area contributed by atoms with Crippen molar-refractivity contribution in [3.63, 3.8) is 0 Å². The molecule has 0 spiro atoms. The van der Waals surface area contributed by atoms with E-state index in [2.05, 4.69) is 4.98 Å². The predicted octanol–water partition coefficient (Wildman–Crippen LogP) is 3.90. The first-order chi connectivity index (χ1) is 10.8. The Morgan fingerprint density at radius 3 is 2.17 bits per heavy atom. The van der Waals surface area contributed by atoms with Gasteiger partial charge in [-0.1, -0.05) is 0 Å². The lowest BCUT2D eigenvalue weighted by Crippen LogP contribution is -2.41. The minimum absolute atomic E-state index is 0.263. The molecular weight excluding hydrogens is 310 g/mol. The lowest BCUT2D eigenvalue weighted by molar-refractivity contribution is -0.137. The lowest BCUT2D eigenvalue weighted by atomic mass is 9.92. The van der Waals surface area contributed by atoms with Gasteiger partial charge >= 0.3 is 6.18 Å². The van der Waals surface area contributed by atoms with Crippen LogP contribution in [0.1, 0.15) is 24.2 Å². The number of anilines is 1. The molecule has 3 rings (SSSR count). The second-order valence-electron chi connectivity index (χ2n) is 5.86. The van der Waals surface area contributed by atoms with E-state index in [0.29, 0.717) is 24.6 Å². The Morgan fingerprint density at radius 1 is 1.09 bits per heavy atom. The van der Waals surface area contributed by atoms with Crippen molar-refractivity contribution in [3.05, 3.63) is 48.0 Å². The Balaban J connectivity index is 1.71. The van der Waals surface area contributed by atoms with Crippen LogP contribution in [0.4, 0.5) is 23.2 Å². The van der Waals surface area contributed by atoms with Gasteiger partial charge in [0, 0.05) is 51.1 Å². The summed E-state index contributed by atoms with van der Waals surface area (Å²) in [6, 6.07) is 5.00. The van der Waals surface area contributed by atoms with Crippen molar-refractivity contribution in [1.29, 1.82) is 0 Å². The summed E-state index contributed by atoms with van der Waals surface area (Å²) in [5.74, 6) is 0.407. The molecule has 7 heteroatoms. The third-order valence-electron chi connectivity index (χ3n) is 4.34. The molecule has 1 aromatic carbocycles. The molecule has 0 aliphatic carbocycles. The third-order valence-corrected chi connectivity index (χ3v) is 4.34. The summed E-state index contributed by atoms with van der Waals surface area (Å²) in [6.07, 6.45) is -0.539. The fraction of sp³-hybridized carbons (Fsp3) is 0.438. The molecular formula is C16H17F4N3. The van der Waals surface area contributed by atoms with Crippen molar-refractivity contribution in [2.75, 3.05) is 18.0 Å². The van der Waals surface area contributed by atoms with Gasteiger partial charge in [0.1, 0.15) is 5.82 Å². The number of rotatable bonds is 2. The van der Waals surface area contributed by atoms with E-state index in [1.54, 1.807) is 24.0 Å². The fourth-order valence-corrected chi connectivity index (χ4v) is 3.00. The van der Waals surface area contributed by atoms with Crippen LogP contribution in [-0.4, -0.2) is 22.6 Å². The van der Waals surface area contributed by atoms with E-state index in [4.69, 9.17) is 0 Å². The zero-order chi connectivity index (χ0) is 16.7. The summed E-state index contributed by atoms with van der Waals surface area (Å²) in [5, 5.41) is 0. The molecule has 1 aliphatic heterocycles. The average Bonchev–Trinajstić information content (AvgIpc) is 2.94. The number of aryl methyl sites for hydroxylation is 1. The minimum Gasteiger partial charge on any atom is -0.371 e. The molecule has 1 aliphatic rings. The Morgan fingerprint density at radius 2 is 1.70 bits per heavy atom. The average molecular weight is 327 g/mol. The zero-order valence-corrected chi connectivity index (χ0v) is 12.6. The highest BCUT2D eigenvalue weighted by molar-refractivity contribution is 5.48. The second-order valence-corrected chi connectivity index (χ2v) is 5.86. The van der Waals surface area contributed by atoms with Gasteiger partial charge in [-0.2, -0.15) is 13.2 Å². The van der Waals surface area contributed by atoms with Gasteiger partial charge in [-0.05, 0) is 24.3 Å². The summed E-state index contributed by atoms with van der Waals surface area (Å²) in [4.78, 5) is 6.00. The molecule has 0 atom stereocenters. The third kappa shape index (κ3) is 3.04. The smallest absolute Gasteiger partial charge is 0.371 e. The molecule has 0 saturated carbocycles. The van der Waals surface area contributed by atoms with Crippen molar-refractivity contribution < 1.29 is 17.6 Å². The highest BCUT2D eigenvalue weighted by atomic mass is 19.4. The maximum Gasteiger partial charge on any atom is 0.416 e. The predicted molar refractivity (Wildman–Crippen MR) is 78.9 cm³/mol. The molecule has 0 amide bonds. The van der Waals surface area contributed by atoms with Crippen LogP contribution < -0.4 is 4.90 Å². The van der Waals surface area contributed by atoms with Crippen LogP contribution >= 0.6 is 0 Å². The van der Waals surface area contributed by atoms with Crippen LogP contribution in [0, 0.1) is 0 Å². The largest absolute Gasteiger partial charge is 0.416 e. The fourth-order valence-electron chi connectivity index (χ4n) is 3.00. The topological polar surface area (TPSA) is 21.1 Å². The van der Waals surface area contributed by atoms with Crippen LogP contribution in [0.2, 0.25) is 0 Å². The first kappa shape index (κ1) is 15.8. The molecule has 0 bridgehead atoms. The molecule has 1 aromatic heterocycles. The molecule has 2 aromatic rings. The van der Waals surface area contributed by atoms with Gasteiger partial charge in [0.15, 0.2) is 5.67 Å². The van der Waals surface area contributed by atoms with E-state index in [1.165, 1.54) is 12.1 Å². The summed E-state index contributed by atoms with van der Waals surface area (Å²) < 4.78 is 54.5. The van der Waals surface area contributed by atoms with Crippen LogP contribution in [0.25, 0.3) is 0 Å². The number of hydrogen-bond donors (Lipinski definition) is 0. The van der Waals surface area contributed by atoms with E-state index in [1.807, 2.05) is 4.90 Å². The maximum atomic E-state index is 15.0. The lowest BCUT2D eigenvalue weighted by Gasteiger charge is -2.37. The number of benzene rings is 1. The van der Waals surface area contributed by atoms with Gasteiger partial charge in [0.05, 0.1) is 5.56 Å². The van der Waals surface area contributed by atoms with Crippen molar-refractivity contribution in [3.8, 4) is 0 Å². The van der Waals surface area contributed by atoms with E-state index >= 15 is 4.39 Å². The number of nitrogens with zero attached hydrogens (tertiary/aromatic N) is 3. The van der Waals surface area contributed by atoms with E-state index in [9.17, 15) is 13.2 Å². The van der Waals surface area contributed by atoms with Gasteiger partial charge in [-0.3, -0.25) is 0 Å². The molecule has 1 saturated heterocycles. The van der Waals surface area contributed by atoms with Crippen LogP contribution in [-0.2, 0) is 18.9 Å². The number of halogens is 4. The van der Waals surface area contributed by atoms with Crippen LogP contribution in [0.5, 0.6) is 0 Å². The molecule has 1 fully saturated rings. The Hall–Kier alpha value is -2.05. The van der Waals surface area contributed by atoms with E-state index < -0.39 is 17.4 Å². The summed E-state index contributed by atoms with van der Waals surface area (Å²) >= 11 is 0. The van der Waals surface area contributed by atoms with Crippen LogP contribution in [0.3, 0.4) is 0 Å². The van der Waals surface area contributed by atoms with Gasteiger partial charge in [-0.25, -0.2) is 9.37 Å². The second kappa shape index (κ2) is 5.54. The van der Waals surface area contributed by atoms with E-state index in [0.717, 1.165) is 12.1 Å². The number of imidazole rings is 1. The number of piperidine rings is 1. The number of alkyl halides is 4. The summed E-state index contributed by atoms with van der Waals surface area (Å²) in [7, 11) is 1.76. The van der Waals surface area contributed by atoms with Crippen molar-refractivity contribution in [2.24, 2.45) is 7.05 Å². The van der Waals surface area contributed by atoms with Gasteiger partial charge in [0.25, 0.3) is 0 Å². The van der Waals surface area contributed by atoms with E-state index in [-0.39, 0.29) is 12.8 Å². The first-order valence-corrected chi connectivity index (χ1v) is 7.38. The molecule has 0 radical (unpaired) electrons. The quantitative estimate of drug-likeness (QED) is 0.780. The standard InChI is InChI=1S/C16H17F4N3/c1-22-11-8-21-14(22)15(17)6-9-23(10-7-15)13-4-2-12(3-5-13)16(18,19)20/h2-5,8,11H,6-7,9-10H2,1H3. The van der Waals surface area contributed by atoms with Gasteiger partial charge in [-0.15, -0.1) is 0 Å². The molecule has 3 nitrogen and oxygen atoms in total. The maximum absolute atomic E-state index is 15.0. The van der Waals surface area contributed by atoms with Crippen molar-refractivity contribution in [1.82, 2.24) is 9.55 Å². The molecule has 0 unspecified atom stereocenters. The van der Waals surface area contributed by atoms with Crippen LogP contribution in [0.15, 0.2) is 36.7 Å². The molecule has 124 valence electrons. The number of aromatic nitrogens is 2. The van der Waals surface area contributed by atoms with Gasteiger partial charge < -0.3 is 9.47 Å². The minimum atomic E-state index is -4.34.